The van der Waals surface area contributed by atoms with Gasteiger partial charge in [-0.25, -0.2) is 9.97 Å². The molecule has 0 aliphatic heterocycles. The van der Waals surface area contributed by atoms with E-state index in [1.54, 1.807) is 17.7 Å². The van der Waals surface area contributed by atoms with Crippen molar-refractivity contribution in [3.8, 4) is 22.6 Å². The zero-order valence-corrected chi connectivity index (χ0v) is 30.4. The van der Waals surface area contributed by atoms with E-state index in [4.69, 9.17) is 4.98 Å². The lowest BCUT2D eigenvalue weighted by molar-refractivity contribution is 0.673. The Kier molecular flexibility index (Phi) is 6.77. The molecule has 0 fully saturated rings. The van der Waals surface area contributed by atoms with E-state index in [1.165, 1.54) is 71.2 Å². The van der Waals surface area contributed by atoms with E-state index in [-0.39, 0.29) is 0 Å². The number of hydrogen-bond donors (Lipinski definition) is 0. The minimum atomic E-state index is 0.384. The fourth-order valence-corrected chi connectivity index (χ4v) is 10.2. The van der Waals surface area contributed by atoms with Crippen molar-refractivity contribution in [3.63, 3.8) is 0 Å². The highest BCUT2D eigenvalue weighted by atomic mass is 32.1. The lowest BCUT2D eigenvalue weighted by atomic mass is 9.83. The van der Waals surface area contributed by atoms with Crippen molar-refractivity contribution in [2.45, 2.75) is 38.5 Å². The summed E-state index contributed by atoms with van der Waals surface area (Å²) in [5.74, 6) is 0.856. The molecule has 9 aromatic rings. The van der Waals surface area contributed by atoms with Crippen LogP contribution >= 0.6 is 11.3 Å². The van der Waals surface area contributed by atoms with Crippen LogP contribution in [-0.4, -0.2) is 19.1 Å². The number of hydrogen-bond acceptors (Lipinski definition) is 3. The third-order valence-electron chi connectivity index (χ3n) is 11.5. The molecule has 4 nitrogen and oxygen atoms in total. The van der Waals surface area contributed by atoms with Crippen LogP contribution in [0.2, 0.25) is 0 Å². The van der Waals surface area contributed by atoms with Gasteiger partial charge in [-0.2, -0.15) is 0 Å². The molecule has 4 heterocycles. The largest absolute Gasteiger partial charge is 0.316 e. The Hall–Kier alpha value is -6.04. The highest BCUT2D eigenvalue weighted by molar-refractivity contribution is 7.25. The minimum absolute atomic E-state index is 0.384. The molecule has 4 aromatic heterocycles. The van der Waals surface area contributed by atoms with Crippen molar-refractivity contribution < 1.29 is 0 Å². The van der Waals surface area contributed by atoms with Crippen LogP contribution in [0.4, 0.5) is 0 Å². The molecule has 2 unspecified atom stereocenters. The molecule has 5 heteroatoms. The molecule has 2 atom stereocenters. The first-order valence-electron chi connectivity index (χ1n) is 18.6. The van der Waals surface area contributed by atoms with E-state index < -0.39 is 0 Å². The Bertz CT molecular complexity index is 2970. The second-order valence-corrected chi connectivity index (χ2v) is 15.7. The lowest BCUT2D eigenvalue weighted by Gasteiger charge is -2.25. The maximum absolute atomic E-state index is 4.79. The van der Waals surface area contributed by atoms with Crippen LogP contribution in [0.1, 0.15) is 66.6 Å². The Labute approximate surface area is 312 Å². The predicted molar refractivity (Wildman–Crippen MR) is 223 cm³/mol. The fraction of sp³-hybridized carbons (Fsp3) is 0.125. The number of allylic oxidation sites excluding steroid dienone is 2. The van der Waals surface area contributed by atoms with E-state index >= 15 is 0 Å². The van der Waals surface area contributed by atoms with Crippen LogP contribution in [0, 0.1) is 0 Å². The van der Waals surface area contributed by atoms with E-state index in [9.17, 15) is 0 Å². The number of fused-ring (bicyclic) bond motifs is 9. The number of nitrogens with zero attached hydrogens (tertiary/aromatic N) is 4. The molecular formula is C48H36N4S. The van der Waals surface area contributed by atoms with Gasteiger partial charge in [-0.1, -0.05) is 98.8 Å². The molecule has 53 heavy (non-hydrogen) atoms. The van der Waals surface area contributed by atoms with Crippen molar-refractivity contribution in [3.05, 3.63) is 162 Å². The topological polar surface area (TPSA) is 35.6 Å². The van der Waals surface area contributed by atoms with Crippen molar-refractivity contribution in [1.82, 2.24) is 19.1 Å². The average molecular weight is 701 g/mol. The van der Waals surface area contributed by atoms with Crippen LogP contribution in [0.15, 0.2) is 134 Å². The summed E-state index contributed by atoms with van der Waals surface area (Å²) in [7, 11) is 0. The highest BCUT2D eigenvalue weighted by Gasteiger charge is 2.32. The molecule has 11 rings (SSSR count). The number of thiophene rings is 1. The molecule has 0 bridgehead atoms. The van der Waals surface area contributed by atoms with Crippen LogP contribution in [0.3, 0.4) is 0 Å². The maximum atomic E-state index is 4.79. The average Bonchev–Trinajstić information content (AvgIpc) is 3.87. The van der Waals surface area contributed by atoms with Gasteiger partial charge in [0.15, 0.2) is 0 Å². The maximum Gasteiger partial charge on any atom is 0.128 e. The summed E-state index contributed by atoms with van der Waals surface area (Å²) >= 11 is 1.73. The fourth-order valence-electron chi connectivity index (χ4n) is 9.16. The molecule has 0 spiro atoms. The Morgan fingerprint density at radius 2 is 1.34 bits per heavy atom. The highest BCUT2D eigenvalue weighted by Crippen LogP contribution is 2.47. The zero-order chi connectivity index (χ0) is 35.2. The van der Waals surface area contributed by atoms with Gasteiger partial charge in [-0.05, 0) is 78.6 Å². The monoisotopic (exact) mass is 700 g/mol. The second kappa shape index (κ2) is 11.7. The Morgan fingerprint density at radius 1 is 0.623 bits per heavy atom. The first kappa shape index (κ1) is 30.6. The SMILES string of the molecule is CC1CC=Cc2c3c(n(-c4ccccc4)c21)C(C)CC(c1ccc2c(c1)c1ccccc1n2-c1ccc(-c2ncnc4sc5ccccc5c24)cc1)=C3. The van der Waals surface area contributed by atoms with E-state index in [2.05, 4.69) is 168 Å². The summed E-state index contributed by atoms with van der Waals surface area (Å²) in [4.78, 5) is 10.4. The summed E-state index contributed by atoms with van der Waals surface area (Å²) in [5.41, 5.74) is 15.3. The minimum Gasteiger partial charge on any atom is -0.316 e. The summed E-state index contributed by atoms with van der Waals surface area (Å²) in [5, 5.41) is 4.89. The number of aromatic nitrogens is 4. The van der Waals surface area contributed by atoms with Gasteiger partial charge < -0.3 is 9.13 Å². The third-order valence-corrected chi connectivity index (χ3v) is 12.6. The molecule has 0 saturated heterocycles. The summed E-state index contributed by atoms with van der Waals surface area (Å²) in [6, 6.07) is 44.3. The van der Waals surface area contributed by atoms with Gasteiger partial charge in [0.05, 0.1) is 16.7 Å². The Balaban J connectivity index is 1.03. The van der Waals surface area contributed by atoms with Crippen molar-refractivity contribution >= 4 is 71.2 Å². The third kappa shape index (κ3) is 4.60. The molecule has 2 aliphatic rings. The van der Waals surface area contributed by atoms with Gasteiger partial charge in [-0.3, -0.25) is 0 Å². The molecule has 2 aliphatic carbocycles. The van der Waals surface area contributed by atoms with Gasteiger partial charge in [0.2, 0.25) is 0 Å². The normalized spacial score (nSPS) is 16.8. The standard InChI is InChI=1S/C48H36N4S/c1-29-11-10-16-37-40-27-33(25-30(2)47(40)52(46(29)37)34-12-4-3-5-13-34)32-21-24-42-39(26-32)36-14-6-8-17-41(36)51(42)35-22-19-31(20-23-35)45-44-38-15-7-9-18-43(38)53-48(44)50-28-49-45/h3-10,12-24,26-30H,11,25H2,1-2H3. The van der Waals surface area contributed by atoms with Gasteiger partial charge in [0, 0.05) is 77.5 Å². The van der Waals surface area contributed by atoms with Crippen molar-refractivity contribution in [2.24, 2.45) is 0 Å². The molecule has 0 radical (unpaired) electrons. The van der Waals surface area contributed by atoms with Crippen LogP contribution in [-0.2, 0) is 0 Å². The van der Waals surface area contributed by atoms with Gasteiger partial charge in [0.25, 0.3) is 0 Å². The first-order chi connectivity index (χ1) is 26.1. The van der Waals surface area contributed by atoms with Crippen LogP contribution in [0.5, 0.6) is 0 Å². The molecule has 5 aromatic carbocycles. The van der Waals surface area contributed by atoms with E-state index in [0.29, 0.717) is 11.8 Å². The molecule has 0 amide bonds. The smallest absolute Gasteiger partial charge is 0.128 e. The number of benzene rings is 5. The summed E-state index contributed by atoms with van der Waals surface area (Å²) in [6.45, 7) is 4.78. The summed E-state index contributed by atoms with van der Waals surface area (Å²) in [6.07, 6.45) is 11.0. The molecule has 0 saturated carbocycles. The van der Waals surface area contributed by atoms with E-state index in [1.807, 2.05) is 0 Å². The summed E-state index contributed by atoms with van der Waals surface area (Å²) < 4.78 is 6.22. The van der Waals surface area contributed by atoms with Crippen molar-refractivity contribution in [2.75, 3.05) is 0 Å². The van der Waals surface area contributed by atoms with Crippen molar-refractivity contribution in [1.29, 1.82) is 0 Å². The van der Waals surface area contributed by atoms with Gasteiger partial charge >= 0.3 is 0 Å². The van der Waals surface area contributed by atoms with Crippen LogP contribution in [0.25, 0.3) is 82.5 Å². The second-order valence-electron chi connectivity index (χ2n) is 14.7. The Morgan fingerprint density at radius 3 is 2.21 bits per heavy atom. The predicted octanol–water partition coefficient (Wildman–Crippen LogP) is 13.0. The lowest BCUT2D eigenvalue weighted by Crippen LogP contribution is -2.12. The zero-order valence-electron chi connectivity index (χ0n) is 29.6. The van der Waals surface area contributed by atoms with E-state index in [0.717, 1.165) is 40.0 Å². The molecule has 254 valence electrons. The van der Waals surface area contributed by atoms with Gasteiger partial charge in [-0.15, -0.1) is 11.3 Å². The number of rotatable bonds is 4. The first-order valence-corrected chi connectivity index (χ1v) is 19.4. The molecule has 0 N–H and O–H groups in total. The van der Waals surface area contributed by atoms with Crippen LogP contribution < -0.4 is 0 Å². The number of para-hydroxylation sites is 2. The molecular weight excluding hydrogens is 665 g/mol. The van der Waals surface area contributed by atoms with Gasteiger partial charge in [0.1, 0.15) is 11.2 Å². The quantitative estimate of drug-likeness (QED) is 0.183.